The third kappa shape index (κ3) is 5.45. The third-order valence-corrected chi connectivity index (χ3v) is 4.26. The molecule has 0 aliphatic rings. The number of hydrogen-bond acceptors (Lipinski definition) is 2. The van der Waals surface area contributed by atoms with Gasteiger partial charge in [-0.05, 0) is 37.0 Å². The summed E-state index contributed by atoms with van der Waals surface area (Å²) in [5, 5.41) is 10.1. The van der Waals surface area contributed by atoms with Crippen molar-refractivity contribution in [1.82, 2.24) is 0 Å². The second kappa shape index (κ2) is 9.82. The van der Waals surface area contributed by atoms with E-state index in [9.17, 15) is 5.11 Å². The molecule has 2 heteroatoms. The Morgan fingerprint density at radius 2 is 1.75 bits per heavy atom. The van der Waals surface area contributed by atoms with Gasteiger partial charge < -0.3 is 9.84 Å². The van der Waals surface area contributed by atoms with Crippen LogP contribution in [-0.4, -0.2) is 12.2 Å². The van der Waals surface area contributed by atoms with E-state index in [1.54, 1.807) is 13.2 Å². The van der Waals surface area contributed by atoms with Gasteiger partial charge in [0.25, 0.3) is 0 Å². The van der Waals surface area contributed by atoms with Crippen molar-refractivity contribution in [2.24, 2.45) is 0 Å². The lowest BCUT2D eigenvalue weighted by atomic mass is 9.96. The second-order valence-electron chi connectivity index (χ2n) is 6.16. The topological polar surface area (TPSA) is 29.5 Å². The van der Waals surface area contributed by atoms with Crippen molar-refractivity contribution in [1.29, 1.82) is 0 Å². The molecule has 0 atom stereocenters. The fourth-order valence-electron chi connectivity index (χ4n) is 2.90. The van der Waals surface area contributed by atoms with E-state index in [-0.39, 0.29) is 0 Å². The van der Waals surface area contributed by atoms with Crippen LogP contribution in [0.5, 0.6) is 11.5 Å². The maximum absolute atomic E-state index is 10.1. The van der Waals surface area contributed by atoms with Crippen molar-refractivity contribution < 1.29 is 9.84 Å². The van der Waals surface area contributed by atoms with Crippen LogP contribution in [-0.2, 0) is 6.42 Å². The highest BCUT2D eigenvalue weighted by molar-refractivity contribution is 5.60. The lowest BCUT2D eigenvalue weighted by Gasteiger charge is -2.11. The van der Waals surface area contributed by atoms with Gasteiger partial charge >= 0.3 is 0 Å². The first-order chi connectivity index (χ1) is 11.7. The zero-order chi connectivity index (χ0) is 17.2. The minimum Gasteiger partial charge on any atom is -0.508 e. The van der Waals surface area contributed by atoms with Gasteiger partial charge in [-0.3, -0.25) is 0 Å². The smallest absolute Gasteiger partial charge is 0.126 e. The fraction of sp³-hybridized carbons (Fsp3) is 0.364. The predicted octanol–water partition coefficient (Wildman–Crippen LogP) is 6.00. The number of rotatable bonds is 9. The number of ether oxygens (including phenoxy) is 1. The molecule has 0 heterocycles. The van der Waals surface area contributed by atoms with E-state index in [2.05, 4.69) is 19.1 Å². The minimum atomic E-state index is 0.372. The maximum Gasteiger partial charge on any atom is 0.126 e. The van der Waals surface area contributed by atoms with E-state index in [0.29, 0.717) is 5.75 Å². The average molecular weight is 324 g/mol. The van der Waals surface area contributed by atoms with Crippen LogP contribution in [0.4, 0.5) is 0 Å². The monoisotopic (exact) mass is 324 g/mol. The van der Waals surface area contributed by atoms with Crippen LogP contribution in [0, 0.1) is 0 Å². The molecule has 0 radical (unpaired) electrons. The van der Waals surface area contributed by atoms with Crippen LogP contribution in [0.3, 0.4) is 0 Å². The van der Waals surface area contributed by atoms with Crippen molar-refractivity contribution in [3.63, 3.8) is 0 Å². The lowest BCUT2D eigenvalue weighted by Crippen LogP contribution is -1.94. The summed E-state index contributed by atoms with van der Waals surface area (Å²) in [4.78, 5) is 0. The van der Waals surface area contributed by atoms with E-state index in [0.717, 1.165) is 29.7 Å². The Kier molecular flexibility index (Phi) is 7.41. The van der Waals surface area contributed by atoms with Gasteiger partial charge in [0.1, 0.15) is 11.5 Å². The van der Waals surface area contributed by atoms with Crippen LogP contribution in [0.25, 0.3) is 6.08 Å². The highest BCUT2D eigenvalue weighted by Gasteiger charge is 2.07. The first-order valence-corrected chi connectivity index (χ1v) is 8.84. The van der Waals surface area contributed by atoms with Crippen molar-refractivity contribution in [2.45, 2.75) is 45.4 Å². The molecule has 0 amide bonds. The first kappa shape index (κ1) is 18.1. The van der Waals surface area contributed by atoms with Gasteiger partial charge in [-0.2, -0.15) is 0 Å². The quantitative estimate of drug-likeness (QED) is 0.573. The standard InChI is InChI=1S/C22H28O2/c1-3-4-5-6-11-18(16-19-12-7-9-14-21(19)23)17-20-13-8-10-15-22(20)24-2/h7-10,12-15,17,23H,3-6,11,16H2,1-2H3/b18-17+. The molecule has 1 N–H and O–H groups in total. The van der Waals surface area contributed by atoms with Gasteiger partial charge in [-0.15, -0.1) is 0 Å². The van der Waals surface area contributed by atoms with E-state index in [1.807, 2.05) is 36.4 Å². The number of allylic oxidation sites excluding steroid dienone is 1. The summed E-state index contributed by atoms with van der Waals surface area (Å²) in [5.74, 6) is 1.26. The number of benzene rings is 2. The Bertz CT molecular complexity index is 659. The van der Waals surface area contributed by atoms with Crippen molar-refractivity contribution in [2.75, 3.05) is 7.11 Å². The summed E-state index contributed by atoms with van der Waals surface area (Å²) in [7, 11) is 1.70. The molecular weight excluding hydrogens is 296 g/mol. The molecule has 0 spiro atoms. The number of unbranched alkanes of at least 4 members (excludes halogenated alkanes) is 3. The molecule has 128 valence electrons. The zero-order valence-electron chi connectivity index (χ0n) is 14.8. The molecule has 2 rings (SSSR count). The second-order valence-corrected chi connectivity index (χ2v) is 6.16. The summed E-state index contributed by atoms with van der Waals surface area (Å²) in [6.45, 7) is 2.23. The third-order valence-electron chi connectivity index (χ3n) is 4.26. The Morgan fingerprint density at radius 3 is 2.50 bits per heavy atom. The molecule has 0 aliphatic heterocycles. The van der Waals surface area contributed by atoms with Gasteiger partial charge in [0.05, 0.1) is 7.11 Å². The van der Waals surface area contributed by atoms with Crippen LogP contribution in [0.15, 0.2) is 54.1 Å². The van der Waals surface area contributed by atoms with Gasteiger partial charge in [-0.25, -0.2) is 0 Å². The highest BCUT2D eigenvalue weighted by atomic mass is 16.5. The lowest BCUT2D eigenvalue weighted by molar-refractivity contribution is 0.414. The zero-order valence-corrected chi connectivity index (χ0v) is 14.8. The van der Waals surface area contributed by atoms with E-state index in [1.165, 1.54) is 31.3 Å². The molecule has 2 nitrogen and oxygen atoms in total. The molecule has 0 aromatic heterocycles. The van der Waals surface area contributed by atoms with Crippen molar-refractivity contribution >= 4 is 6.08 Å². The van der Waals surface area contributed by atoms with Crippen molar-refractivity contribution in [3.8, 4) is 11.5 Å². The number of aromatic hydroxyl groups is 1. The molecule has 0 bridgehead atoms. The Balaban J connectivity index is 2.21. The van der Waals surface area contributed by atoms with Crippen LogP contribution >= 0.6 is 0 Å². The van der Waals surface area contributed by atoms with E-state index < -0.39 is 0 Å². The number of methoxy groups -OCH3 is 1. The SMILES string of the molecule is CCCCCC/C(=C\c1ccccc1OC)Cc1ccccc1O. The normalized spacial score (nSPS) is 11.5. The predicted molar refractivity (Wildman–Crippen MR) is 102 cm³/mol. The average Bonchev–Trinajstić information content (AvgIpc) is 2.61. The van der Waals surface area contributed by atoms with Crippen LogP contribution < -0.4 is 4.74 Å². The summed E-state index contributed by atoms with van der Waals surface area (Å²) in [6.07, 6.45) is 8.99. The van der Waals surface area contributed by atoms with Crippen LogP contribution in [0.2, 0.25) is 0 Å². The summed E-state index contributed by atoms with van der Waals surface area (Å²) >= 11 is 0. The molecule has 0 fully saturated rings. The molecule has 0 aliphatic carbocycles. The minimum absolute atomic E-state index is 0.372. The summed E-state index contributed by atoms with van der Waals surface area (Å²) < 4.78 is 5.47. The van der Waals surface area contributed by atoms with E-state index in [4.69, 9.17) is 4.74 Å². The van der Waals surface area contributed by atoms with Gasteiger partial charge in [0.2, 0.25) is 0 Å². The molecule has 2 aromatic rings. The Hall–Kier alpha value is -2.22. The largest absolute Gasteiger partial charge is 0.508 e. The van der Waals surface area contributed by atoms with Gasteiger partial charge in [0, 0.05) is 5.56 Å². The number of phenols is 1. The number of phenolic OH excluding ortho intramolecular Hbond substituents is 1. The molecule has 2 aromatic carbocycles. The first-order valence-electron chi connectivity index (χ1n) is 8.84. The molecule has 0 saturated heterocycles. The van der Waals surface area contributed by atoms with Crippen molar-refractivity contribution in [3.05, 3.63) is 65.2 Å². The maximum atomic E-state index is 10.1. The van der Waals surface area contributed by atoms with Gasteiger partial charge in [0.15, 0.2) is 0 Å². The van der Waals surface area contributed by atoms with Gasteiger partial charge in [-0.1, -0.05) is 74.2 Å². The summed E-state index contributed by atoms with van der Waals surface area (Å²) in [6, 6.07) is 15.7. The molecule has 24 heavy (non-hydrogen) atoms. The molecular formula is C22H28O2. The number of para-hydroxylation sites is 2. The van der Waals surface area contributed by atoms with E-state index >= 15 is 0 Å². The molecule has 0 saturated carbocycles. The van der Waals surface area contributed by atoms with Crippen LogP contribution in [0.1, 0.15) is 50.2 Å². The number of hydrogen-bond donors (Lipinski definition) is 1. The fourth-order valence-corrected chi connectivity index (χ4v) is 2.90. The molecule has 0 unspecified atom stereocenters. The highest BCUT2D eigenvalue weighted by Crippen LogP contribution is 2.27. The Labute approximate surface area is 145 Å². The Morgan fingerprint density at radius 1 is 1.00 bits per heavy atom. The summed E-state index contributed by atoms with van der Waals surface area (Å²) in [5.41, 5.74) is 3.41.